The van der Waals surface area contributed by atoms with E-state index in [0.717, 1.165) is 31.1 Å². The number of imidazole rings is 1. The molecular weight excluding hydrogens is 286 g/mol. The first-order valence-electron chi connectivity index (χ1n) is 8.30. The fourth-order valence-electron chi connectivity index (χ4n) is 3.62. The third-order valence-electron chi connectivity index (χ3n) is 4.77. The average molecular weight is 309 g/mol. The van der Waals surface area contributed by atoms with Crippen molar-refractivity contribution < 1.29 is 0 Å². The van der Waals surface area contributed by atoms with Crippen LogP contribution in [-0.2, 0) is 20.0 Å². The number of likely N-dealkylation sites (tertiary alicyclic amines) is 1. The monoisotopic (exact) mass is 309 g/mol. The molecule has 5 nitrogen and oxygen atoms in total. The van der Waals surface area contributed by atoms with Gasteiger partial charge >= 0.3 is 0 Å². The summed E-state index contributed by atoms with van der Waals surface area (Å²) in [7, 11) is 1.98. The minimum Gasteiger partial charge on any atom is -0.303 e. The zero-order chi connectivity index (χ0) is 15.8. The Kier molecular flexibility index (Phi) is 3.65. The lowest BCUT2D eigenvalue weighted by Crippen LogP contribution is -2.21. The highest BCUT2D eigenvalue weighted by Gasteiger charge is 2.23. The zero-order valence-electron chi connectivity index (χ0n) is 13.8. The molecule has 3 aromatic heterocycles. The fraction of sp³-hybridized carbons (Fsp3) is 0.444. The Hall–Kier alpha value is -2.14. The molecule has 0 spiro atoms. The summed E-state index contributed by atoms with van der Waals surface area (Å²) in [5.74, 6) is 0.736. The van der Waals surface area contributed by atoms with Crippen molar-refractivity contribution >= 4 is 5.65 Å². The lowest BCUT2D eigenvalue weighted by Gasteiger charge is -2.15. The maximum atomic E-state index is 4.52. The van der Waals surface area contributed by atoms with Gasteiger partial charge in [-0.1, -0.05) is 6.07 Å². The maximum absolute atomic E-state index is 4.52. The van der Waals surface area contributed by atoms with Crippen molar-refractivity contribution in [2.24, 2.45) is 13.0 Å². The van der Waals surface area contributed by atoms with Gasteiger partial charge in [0.15, 0.2) is 0 Å². The van der Waals surface area contributed by atoms with Crippen LogP contribution < -0.4 is 0 Å². The molecule has 23 heavy (non-hydrogen) atoms. The van der Waals surface area contributed by atoms with Crippen LogP contribution in [0.2, 0.25) is 0 Å². The summed E-state index contributed by atoms with van der Waals surface area (Å²) in [5.41, 5.74) is 4.94. The summed E-state index contributed by atoms with van der Waals surface area (Å²) in [4.78, 5) is 7.07. The van der Waals surface area contributed by atoms with Gasteiger partial charge in [0.2, 0.25) is 0 Å². The number of aryl methyl sites for hydroxylation is 2. The molecule has 1 aliphatic heterocycles. The molecule has 1 atom stereocenters. The highest BCUT2D eigenvalue weighted by molar-refractivity contribution is 5.41. The Morgan fingerprint density at radius 3 is 2.96 bits per heavy atom. The van der Waals surface area contributed by atoms with Gasteiger partial charge in [-0.25, -0.2) is 4.98 Å². The molecule has 1 aliphatic rings. The fourth-order valence-corrected chi connectivity index (χ4v) is 3.62. The van der Waals surface area contributed by atoms with E-state index in [1.54, 1.807) is 0 Å². The van der Waals surface area contributed by atoms with Gasteiger partial charge in [-0.15, -0.1) is 0 Å². The molecule has 120 valence electrons. The number of nitrogens with zero attached hydrogens (tertiary/aromatic N) is 5. The summed E-state index contributed by atoms with van der Waals surface area (Å²) in [6.07, 6.45) is 10.7. The summed E-state index contributed by atoms with van der Waals surface area (Å²) in [6.45, 7) is 5.44. The number of fused-ring (bicyclic) bond motifs is 1. The van der Waals surface area contributed by atoms with Gasteiger partial charge < -0.3 is 4.40 Å². The second-order valence-electron chi connectivity index (χ2n) is 6.80. The van der Waals surface area contributed by atoms with Gasteiger partial charge in [-0.05, 0) is 49.4 Å². The molecule has 0 N–H and O–H groups in total. The van der Waals surface area contributed by atoms with Crippen LogP contribution in [0.5, 0.6) is 0 Å². The number of rotatable bonds is 4. The van der Waals surface area contributed by atoms with Crippen LogP contribution in [0.3, 0.4) is 0 Å². The van der Waals surface area contributed by atoms with Crippen molar-refractivity contribution in [3.8, 4) is 0 Å². The van der Waals surface area contributed by atoms with E-state index in [2.05, 4.69) is 50.8 Å². The standard InChI is InChI=1S/C18H23N5/c1-14-3-4-18-19-9-17(23(18)10-14)13-22-6-5-15(12-22)7-16-8-20-21(2)11-16/h3-4,8-11,15H,5-7,12-13H2,1-2H3/t15-/m0/s1. The van der Waals surface area contributed by atoms with E-state index in [4.69, 9.17) is 0 Å². The molecule has 4 heterocycles. The molecule has 0 radical (unpaired) electrons. The number of hydrogen-bond acceptors (Lipinski definition) is 3. The quantitative estimate of drug-likeness (QED) is 0.743. The molecule has 0 saturated carbocycles. The molecule has 4 rings (SSSR count). The van der Waals surface area contributed by atoms with Crippen molar-refractivity contribution in [1.82, 2.24) is 24.1 Å². The van der Waals surface area contributed by atoms with Gasteiger partial charge in [-0.3, -0.25) is 9.58 Å². The zero-order valence-corrected chi connectivity index (χ0v) is 13.8. The lowest BCUT2D eigenvalue weighted by molar-refractivity contribution is 0.311. The highest BCUT2D eigenvalue weighted by atomic mass is 15.2. The second-order valence-corrected chi connectivity index (χ2v) is 6.80. The van der Waals surface area contributed by atoms with Crippen LogP contribution in [0.1, 0.15) is 23.2 Å². The van der Waals surface area contributed by atoms with E-state index in [1.165, 1.54) is 29.8 Å². The normalized spacial score (nSPS) is 19.0. The van der Waals surface area contributed by atoms with Crippen LogP contribution >= 0.6 is 0 Å². The Labute approximate surface area is 136 Å². The van der Waals surface area contributed by atoms with Crippen LogP contribution in [0, 0.1) is 12.8 Å². The largest absolute Gasteiger partial charge is 0.303 e. The summed E-state index contributed by atoms with van der Waals surface area (Å²) >= 11 is 0. The highest BCUT2D eigenvalue weighted by Crippen LogP contribution is 2.22. The van der Waals surface area contributed by atoms with Crippen molar-refractivity contribution in [2.75, 3.05) is 13.1 Å². The van der Waals surface area contributed by atoms with Gasteiger partial charge in [0.25, 0.3) is 0 Å². The van der Waals surface area contributed by atoms with Crippen molar-refractivity contribution in [3.63, 3.8) is 0 Å². The van der Waals surface area contributed by atoms with Crippen LogP contribution in [-0.4, -0.2) is 37.2 Å². The predicted octanol–water partition coefficient (Wildman–Crippen LogP) is 2.44. The minimum atomic E-state index is 0.736. The topological polar surface area (TPSA) is 38.4 Å². The van der Waals surface area contributed by atoms with Crippen LogP contribution in [0.25, 0.3) is 5.65 Å². The smallest absolute Gasteiger partial charge is 0.136 e. The summed E-state index contributed by atoms with van der Waals surface area (Å²) in [5, 5.41) is 4.27. The first-order chi connectivity index (χ1) is 11.2. The molecule has 0 aliphatic carbocycles. The van der Waals surface area contributed by atoms with E-state index in [0.29, 0.717) is 0 Å². The molecule has 0 bridgehead atoms. The van der Waals surface area contributed by atoms with E-state index < -0.39 is 0 Å². The molecule has 3 aromatic rings. The van der Waals surface area contributed by atoms with E-state index in [1.807, 2.05) is 24.1 Å². The Balaban J connectivity index is 1.42. The van der Waals surface area contributed by atoms with Gasteiger partial charge in [-0.2, -0.15) is 5.10 Å². The SMILES string of the molecule is Cc1ccc2ncc(CN3CC[C@@H](Cc4cnn(C)c4)C3)n2c1. The molecule has 1 saturated heterocycles. The minimum absolute atomic E-state index is 0.736. The second kappa shape index (κ2) is 5.81. The van der Waals surface area contributed by atoms with E-state index >= 15 is 0 Å². The van der Waals surface area contributed by atoms with Crippen LogP contribution in [0.15, 0.2) is 36.9 Å². The molecule has 5 heteroatoms. The number of pyridine rings is 1. The van der Waals surface area contributed by atoms with E-state index in [-0.39, 0.29) is 0 Å². The Morgan fingerprint density at radius 2 is 2.13 bits per heavy atom. The summed E-state index contributed by atoms with van der Waals surface area (Å²) in [6, 6.07) is 4.21. The van der Waals surface area contributed by atoms with Gasteiger partial charge in [0.05, 0.1) is 18.1 Å². The number of aromatic nitrogens is 4. The lowest BCUT2D eigenvalue weighted by atomic mass is 10.0. The molecule has 1 fully saturated rings. The Morgan fingerprint density at radius 1 is 1.22 bits per heavy atom. The molecular formula is C18H23N5. The average Bonchev–Trinajstić information content (AvgIpc) is 3.22. The maximum Gasteiger partial charge on any atom is 0.136 e. The predicted molar refractivity (Wildman–Crippen MR) is 90.2 cm³/mol. The van der Waals surface area contributed by atoms with Gasteiger partial charge in [0.1, 0.15) is 5.65 Å². The summed E-state index contributed by atoms with van der Waals surface area (Å²) < 4.78 is 4.12. The van der Waals surface area contributed by atoms with Crippen LogP contribution in [0.4, 0.5) is 0 Å². The third-order valence-corrected chi connectivity index (χ3v) is 4.77. The molecule has 0 amide bonds. The first-order valence-corrected chi connectivity index (χ1v) is 8.30. The van der Waals surface area contributed by atoms with E-state index in [9.17, 15) is 0 Å². The number of hydrogen-bond donors (Lipinski definition) is 0. The molecule has 0 aromatic carbocycles. The first kappa shape index (κ1) is 14.5. The molecule has 0 unspecified atom stereocenters. The Bertz CT molecular complexity index is 816. The van der Waals surface area contributed by atoms with Gasteiger partial charge in [0, 0.05) is 32.5 Å². The van der Waals surface area contributed by atoms with Crippen molar-refractivity contribution in [2.45, 2.75) is 26.3 Å². The van der Waals surface area contributed by atoms with Crippen molar-refractivity contribution in [1.29, 1.82) is 0 Å². The third kappa shape index (κ3) is 3.01. The van der Waals surface area contributed by atoms with Crippen molar-refractivity contribution in [3.05, 3.63) is 53.7 Å².